The molecule has 0 radical (unpaired) electrons. The molecule has 1 fully saturated rings. The maximum Gasteiger partial charge on any atom is 0.253 e. The summed E-state index contributed by atoms with van der Waals surface area (Å²) in [4.78, 5) is 16.0. The smallest absolute Gasteiger partial charge is 0.253 e. The quantitative estimate of drug-likeness (QED) is 0.872. The van der Waals surface area contributed by atoms with E-state index in [1.54, 1.807) is 6.20 Å². The number of nitrogens with zero attached hydrogens (tertiary/aromatic N) is 1. The van der Waals surface area contributed by atoms with Crippen LogP contribution in [0, 0.1) is 6.92 Å². The van der Waals surface area contributed by atoms with Gasteiger partial charge in [-0.2, -0.15) is 0 Å². The lowest BCUT2D eigenvalue weighted by Gasteiger charge is -2.23. The van der Waals surface area contributed by atoms with Gasteiger partial charge in [-0.25, -0.2) is 0 Å². The Kier molecular flexibility index (Phi) is 7.91. The summed E-state index contributed by atoms with van der Waals surface area (Å²) in [6, 6.07) is 3.92. The monoisotopic (exact) mass is 291 g/mol. The minimum Gasteiger partial charge on any atom is -0.348 e. The average Bonchev–Trinajstić information content (AvgIpc) is 2.31. The first-order valence-electron chi connectivity index (χ1n) is 5.70. The first-order chi connectivity index (χ1) is 7.75. The summed E-state index contributed by atoms with van der Waals surface area (Å²) in [5, 5.41) is 6.28. The van der Waals surface area contributed by atoms with Crippen molar-refractivity contribution in [3.63, 3.8) is 0 Å². The molecule has 1 aromatic rings. The molecule has 2 rings (SSSR count). The number of aromatic nitrogens is 1. The highest BCUT2D eigenvalue weighted by molar-refractivity contribution is 5.94. The Morgan fingerprint density at radius 1 is 1.44 bits per heavy atom. The number of piperidine rings is 1. The van der Waals surface area contributed by atoms with Crippen molar-refractivity contribution in [2.45, 2.75) is 25.8 Å². The van der Waals surface area contributed by atoms with E-state index < -0.39 is 0 Å². The Balaban J connectivity index is 0.00000144. The zero-order valence-corrected chi connectivity index (χ0v) is 11.9. The molecule has 2 N–H and O–H groups in total. The molecule has 0 saturated carbocycles. The second-order valence-corrected chi connectivity index (χ2v) is 4.20. The molecule has 1 aromatic heterocycles. The fraction of sp³-hybridized carbons (Fsp3) is 0.500. The van der Waals surface area contributed by atoms with Crippen molar-refractivity contribution in [1.82, 2.24) is 15.6 Å². The van der Waals surface area contributed by atoms with Crippen LogP contribution in [0.5, 0.6) is 0 Å². The fourth-order valence-corrected chi connectivity index (χ4v) is 1.85. The number of carbonyl (C=O) groups is 1. The molecule has 4 nitrogen and oxygen atoms in total. The summed E-state index contributed by atoms with van der Waals surface area (Å²) in [5.41, 5.74) is 1.56. The highest BCUT2D eigenvalue weighted by atomic mass is 35.5. The zero-order valence-electron chi connectivity index (χ0n) is 10.3. The number of pyridine rings is 1. The van der Waals surface area contributed by atoms with Gasteiger partial charge in [-0.05, 0) is 38.4 Å². The molecular formula is C12H19Cl2N3O. The van der Waals surface area contributed by atoms with E-state index in [0.29, 0.717) is 5.56 Å². The van der Waals surface area contributed by atoms with Crippen molar-refractivity contribution < 1.29 is 4.79 Å². The first-order valence-corrected chi connectivity index (χ1v) is 5.70. The largest absolute Gasteiger partial charge is 0.348 e. The van der Waals surface area contributed by atoms with E-state index in [2.05, 4.69) is 15.6 Å². The lowest BCUT2D eigenvalue weighted by molar-refractivity contribution is 0.0930. The number of rotatable bonds is 2. The summed E-state index contributed by atoms with van der Waals surface area (Å²) in [6.45, 7) is 3.83. The van der Waals surface area contributed by atoms with E-state index in [0.717, 1.165) is 31.6 Å². The van der Waals surface area contributed by atoms with Gasteiger partial charge in [0.2, 0.25) is 0 Å². The van der Waals surface area contributed by atoms with Crippen molar-refractivity contribution >= 4 is 30.7 Å². The van der Waals surface area contributed by atoms with Crippen LogP contribution in [0.4, 0.5) is 0 Å². The second-order valence-electron chi connectivity index (χ2n) is 4.20. The van der Waals surface area contributed by atoms with E-state index >= 15 is 0 Å². The van der Waals surface area contributed by atoms with Crippen LogP contribution in [-0.2, 0) is 0 Å². The maximum absolute atomic E-state index is 11.8. The molecule has 6 heteroatoms. The third-order valence-electron chi connectivity index (χ3n) is 2.81. The van der Waals surface area contributed by atoms with E-state index in [1.165, 1.54) is 0 Å². The number of nitrogens with one attached hydrogen (secondary N) is 2. The van der Waals surface area contributed by atoms with Crippen LogP contribution in [0.15, 0.2) is 18.3 Å². The van der Waals surface area contributed by atoms with Crippen molar-refractivity contribution in [3.8, 4) is 0 Å². The summed E-state index contributed by atoms with van der Waals surface area (Å²) < 4.78 is 0. The fourth-order valence-electron chi connectivity index (χ4n) is 1.85. The summed E-state index contributed by atoms with van der Waals surface area (Å²) >= 11 is 0. The number of hydrogen-bond acceptors (Lipinski definition) is 3. The first kappa shape index (κ1) is 17.2. The van der Waals surface area contributed by atoms with Gasteiger partial charge in [0.15, 0.2) is 0 Å². The molecule has 1 aliphatic rings. The highest BCUT2D eigenvalue weighted by Crippen LogP contribution is 2.04. The van der Waals surface area contributed by atoms with Crippen molar-refractivity contribution in [2.75, 3.05) is 13.1 Å². The maximum atomic E-state index is 11.8. The standard InChI is InChI=1S/C12H17N3O.2ClH/c1-9-4-5-10(7-14-9)12(16)15-11-3-2-6-13-8-11;;/h4-5,7,11,13H,2-3,6,8H2,1H3,(H,15,16);2*1H/t11-;;/m1../s1. The molecule has 0 bridgehead atoms. The predicted molar refractivity (Wildman–Crippen MR) is 76.8 cm³/mol. The molecule has 0 unspecified atom stereocenters. The Morgan fingerprint density at radius 2 is 2.22 bits per heavy atom. The molecule has 1 atom stereocenters. The Morgan fingerprint density at radius 3 is 2.78 bits per heavy atom. The van der Waals surface area contributed by atoms with E-state index in [1.807, 2.05) is 19.1 Å². The molecule has 1 saturated heterocycles. The van der Waals surface area contributed by atoms with Gasteiger partial charge < -0.3 is 10.6 Å². The second kappa shape index (κ2) is 8.29. The van der Waals surface area contributed by atoms with E-state index in [4.69, 9.17) is 0 Å². The molecule has 0 aliphatic carbocycles. The van der Waals surface area contributed by atoms with Crippen LogP contribution in [0.1, 0.15) is 28.9 Å². The molecular weight excluding hydrogens is 273 g/mol. The minimum absolute atomic E-state index is 0. The third kappa shape index (κ3) is 4.80. The Bertz CT molecular complexity index is 364. The van der Waals surface area contributed by atoms with Crippen LogP contribution >= 0.6 is 24.8 Å². The van der Waals surface area contributed by atoms with Crippen molar-refractivity contribution in [3.05, 3.63) is 29.6 Å². The number of aryl methyl sites for hydroxylation is 1. The number of carbonyl (C=O) groups excluding carboxylic acids is 1. The van der Waals surface area contributed by atoms with Gasteiger partial charge in [0.05, 0.1) is 5.56 Å². The average molecular weight is 292 g/mol. The lowest BCUT2D eigenvalue weighted by Crippen LogP contribution is -2.45. The summed E-state index contributed by atoms with van der Waals surface area (Å²) in [6.07, 6.45) is 3.80. The molecule has 2 heterocycles. The zero-order chi connectivity index (χ0) is 11.4. The number of halogens is 2. The topological polar surface area (TPSA) is 54.0 Å². The summed E-state index contributed by atoms with van der Waals surface area (Å²) in [5.74, 6) is -0.0267. The van der Waals surface area contributed by atoms with Gasteiger partial charge in [0.1, 0.15) is 0 Å². The number of hydrogen-bond donors (Lipinski definition) is 2. The predicted octanol–water partition coefficient (Wildman–Crippen LogP) is 1.72. The van der Waals surface area contributed by atoms with Crippen LogP contribution in [0.25, 0.3) is 0 Å². The molecule has 1 aliphatic heterocycles. The van der Waals surface area contributed by atoms with Gasteiger partial charge in [-0.15, -0.1) is 24.8 Å². The van der Waals surface area contributed by atoms with Gasteiger partial charge in [0.25, 0.3) is 5.91 Å². The highest BCUT2D eigenvalue weighted by Gasteiger charge is 2.16. The van der Waals surface area contributed by atoms with Gasteiger partial charge >= 0.3 is 0 Å². The SMILES string of the molecule is Cc1ccc(C(=O)N[C@@H]2CCCNC2)cn1.Cl.Cl. The molecule has 1 amide bonds. The van der Waals surface area contributed by atoms with Crippen molar-refractivity contribution in [1.29, 1.82) is 0 Å². The van der Waals surface area contributed by atoms with Crippen molar-refractivity contribution in [2.24, 2.45) is 0 Å². The van der Waals surface area contributed by atoms with E-state index in [-0.39, 0.29) is 36.8 Å². The Labute approximate surface area is 120 Å². The van der Waals surface area contributed by atoms with Gasteiger partial charge in [0, 0.05) is 24.5 Å². The summed E-state index contributed by atoms with van der Waals surface area (Å²) in [7, 11) is 0. The van der Waals surface area contributed by atoms with E-state index in [9.17, 15) is 4.79 Å². The normalized spacial score (nSPS) is 18.2. The molecule has 0 spiro atoms. The molecule has 0 aromatic carbocycles. The molecule has 102 valence electrons. The van der Waals surface area contributed by atoms with Crippen LogP contribution < -0.4 is 10.6 Å². The van der Waals surface area contributed by atoms with Gasteiger partial charge in [-0.3, -0.25) is 9.78 Å². The van der Waals surface area contributed by atoms with Crippen LogP contribution in [0.3, 0.4) is 0 Å². The third-order valence-corrected chi connectivity index (χ3v) is 2.81. The van der Waals surface area contributed by atoms with Crippen LogP contribution in [-0.4, -0.2) is 30.0 Å². The molecule has 18 heavy (non-hydrogen) atoms. The lowest BCUT2D eigenvalue weighted by atomic mass is 10.1. The Hall–Kier alpha value is -0.840. The van der Waals surface area contributed by atoms with Crippen LogP contribution in [0.2, 0.25) is 0 Å². The number of amides is 1. The van der Waals surface area contributed by atoms with Gasteiger partial charge in [-0.1, -0.05) is 0 Å². The minimum atomic E-state index is -0.0267.